The first-order chi connectivity index (χ1) is 9.60. The van der Waals surface area contributed by atoms with Crippen LogP contribution in [0.3, 0.4) is 0 Å². The first-order valence-corrected chi connectivity index (χ1v) is 7.83. The molecule has 2 rings (SSSR count). The highest BCUT2D eigenvalue weighted by Gasteiger charge is 2.25. The normalized spacial score (nSPS) is 20.6. The number of benzene rings is 1. The molecule has 1 aliphatic rings. The standard InChI is InChI=1S/C15H22N2O2S/c1-11(15(18)17-9-3-4-12(16)10-17)20-14-7-5-13(19-2)6-8-14/h5-8,11-12H,3-4,9-10,16H2,1-2H3. The molecule has 2 unspecified atom stereocenters. The lowest BCUT2D eigenvalue weighted by Crippen LogP contribution is -2.48. The Labute approximate surface area is 124 Å². The highest BCUT2D eigenvalue weighted by atomic mass is 32.2. The van der Waals surface area contributed by atoms with E-state index >= 15 is 0 Å². The van der Waals surface area contributed by atoms with Crippen molar-refractivity contribution in [3.05, 3.63) is 24.3 Å². The Morgan fingerprint density at radius 3 is 2.75 bits per heavy atom. The summed E-state index contributed by atoms with van der Waals surface area (Å²) in [6.45, 7) is 3.48. The van der Waals surface area contributed by atoms with Gasteiger partial charge in [0.05, 0.1) is 12.4 Å². The Kier molecular flexibility index (Phi) is 5.31. The second-order valence-corrected chi connectivity index (χ2v) is 6.54. The van der Waals surface area contributed by atoms with Gasteiger partial charge in [-0.15, -0.1) is 11.8 Å². The highest BCUT2D eigenvalue weighted by Crippen LogP contribution is 2.27. The van der Waals surface area contributed by atoms with Crippen LogP contribution in [0.1, 0.15) is 19.8 Å². The quantitative estimate of drug-likeness (QED) is 0.864. The molecule has 1 fully saturated rings. The van der Waals surface area contributed by atoms with Gasteiger partial charge in [-0.05, 0) is 44.0 Å². The number of rotatable bonds is 4. The first kappa shape index (κ1) is 15.2. The zero-order chi connectivity index (χ0) is 14.5. The van der Waals surface area contributed by atoms with Crippen LogP contribution in [0.5, 0.6) is 5.75 Å². The number of thioether (sulfide) groups is 1. The minimum Gasteiger partial charge on any atom is -0.497 e. The molecule has 0 saturated carbocycles. The predicted molar refractivity (Wildman–Crippen MR) is 82.1 cm³/mol. The summed E-state index contributed by atoms with van der Waals surface area (Å²) in [6.07, 6.45) is 2.02. The zero-order valence-corrected chi connectivity index (χ0v) is 12.9. The van der Waals surface area contributed by atoms with Gasteiger partial charge >= 0.3 is 0 Å². The fourth-order valence-corrected chi connectivity index (χ4v) is 3.33. The molecule has 1 aromatic rings. The third kappa shape index (κ3) is 3.90. The van der Waals surface area contributed by atoms with E-state index in [9.17, 15) is 4.79 Å². The third-order valence-electron chi connectivity index (χ3n) is 3.49. The number of piperidine rings is 1. The van der Waals surface area contributed by atoms with E-state index in [1.165, 1.54) is 0 Å². The van der Waals surface area contributed by atoms with Crippen LogP contribution in [-0.2, 0) is 4.79 Å². The average molecular weight is 294 g/mol. The van der Waals surface area contributed by atoms with E-state index in [0.29, 0.717) is 6.54 Å². The maximum absolute atomic E-state index is 12.4. The molecular weight excluding hydrogens is 272 g/mol. The van der Waals surface area contributed by atoms with Crippen LogP contribution < -0.4 is 10.5 Å². The van der Waals surface area contributed by atoms with Gasteiger partial charge in [-0.3, -0.25) is 4.79 Å². The molecule has 2 atom stereocenters. The molecule has 2 N–H and O–H groups in total. The maximum Gasteiger partial charge on any atom is 0.235 e. The number of amides is 1. The summed E-state index contributed by atoms with van der Waals surface area (Å²) in [4.78, 5) is 15.4. The van der Waals surface area contributed by atoms with Gasteiger partial charge in [-0.25, -0.2) is 0 Å². The summed E-state index contributed by atoms with van der Waals surface area (Å²) < 4.78 is 5.13. The van der Waals surface area contributed by atoms with Crippen molar-refractivity contribution in [3.63, 3.8) is 0 Å². The van der Waals surface area contributed by atoms with Crippen LogP contribution in [0, 0.1) is 0 Å². The fourth-order valence-electron chi connectivity index (χ4n) is 2.38. The Hall–Kier alpha value is -1.20. The molecule has 0 aliphatic carbocycles. The second-order valence-electron chi connectivity index (χ2n) is 5.12. The number of likely N-dealkylation sites (tertiary alicyclic amines) is 1. The summed E-state index contributed by atoms with van der Waals surface area (Å²) in [5.41, 5.74) is 5.93. The van der Waals surface area contributed by atoms with Crippen LogP contribution in [0.2, 0.25) is 0 Å². The van der Waals surface area contributed by atoms with Crippen molar-refractivity contribution >= 4 is 17.7 Å². The van der Waals surface area contributed by atoms with E-state index in [1.807, 2.05) is 36.1 Å². The smallest absolute Gasteiger partial charge is 0.235 e. The lowest BCUT2D eigenvalue weighted by molar-refractivity contribution is -0.131. The predicted octanol–water partition coefficient (Wildman–Crippen LogP) is 2.13. The zero-order valence-electron chi connectivity index (χ0n) is 12.0. The van der Waals surface area contributed by atoms with E-state index in [4.69, 9.17) is 10.5 Å². The van der Waals surface area contributed by atoms with E-state index in [-0.39, 0.29) is 17.2 Å². The van der Waals surface area contributed by atoms with Crippen molar-refractivity contribution in [2.75, 3.05) is 20.2 Å². The molecule has 20 heavy (non-hydrogen) atoms. The molecule has 0 spiro atoms. The highest BCUT2D eigenvalue weighted by molar-refractivity contribution is 8.00. The SMILES string of the molecule is COc1ccc(SC(C)C(=O)N2CCCC(N)C2)cc1. The van der Waals surface area contributed by atoms with Gasteiger partial charge in [-0.1, -0.05) is 0 Å². The van der Waals surface area contributed by atoms with Crippen molar-refractivity contribution in [2.45, 2.75) is 36.0 Å². The molecule has 4 nitrogen and oxygen atoms in total. The number of methoxy groups -OCH3 is 1. The molecule has 1 saturated heterocycles. The van der Waals surface area contributed by atoms with Crippen molar-refractivity contribution in [1.82, 2.24) is 4.90 Å². The Morgan fingerprint density at radius 2 is 2.15 bits per heavy atom. The lowest BCUT2D eigenvalue weighted by Gasteiger charge is -2.32. The number of carbonyl (C=O) groups excluding carboxylic acids is 1. The van der Waals surface area contributed by atoms with Crippen LogP contribution in [0.25, 0.3) is 0 Å². The van der Waals surface area contributed by atoms with Crippen molar-refractivity contribution in [1.29, 1.82) is 0 Å². The molecule has 1 aromatic carbocycles. The molecule has 1 amide bonds. The van der Waals surface area contributed by atoms with Crippen molar-refractivity contribution in [2.24, 2.45) is 5.73 Å². The Bertz CT molecular complexity index is 450. The van der Waals surface area contributed by atoms with Crippen LogP contribution in [0.4, 0.5) is 0 Å². The summed E-state index contributed by atoms with van der Waals surface area (Å²) in [5.74, 6) is 1.01. The van der Waals surface area contributed by atoms with Crippen molar-refractivity contribution < 1.29 is 9.53 Å². The number of ether oxygens (including phenoxy) is 1. The molecule has 0 bridgehead atoms. The number of nitrogens with zero attached hydrogens (tertiary/aromatic N) is 1. The van der Waals surface area contributed by atoms with Gasteiger partial charge < -0.3 is 15.4 Å². The molecule has 5 heteroatoms. The molecule has 110 valence electrons. The summed E-state index contributed by atoms with van der Waals surface area (Å²) in [5, 5.41) is -0.0892. The van der Waals surface area contributed by atoms with Gasteiger partial charge in [0.1, 0.15) is 5.75 Å². The number of hydrogen-bond acceptors (Lipinski definition) is 4. The maximum atomic E-state index is 12.4. The Morgan fingerprint density at radius 1 is 1.45 bits per heavy atom. The largest absolute Gasteiger partial charge is 0.497 e. The van der Waals surface area contributed by atoms with Crippen molar-refractivity contribution in [3.8, 4) is 5.75 Å². The molecule has 1 aliphatic heterocycles. The van der Waals surface area contributed by atoms with Gasteiger partial charge in [0.25, 0.3) is 0 Å². The van der Waals surface area contributed by atoms with Gasteiger partial charge in [-0.2, -0.15) is 0 Å². The minimum absolute atomic E-state index is 0.0892. The molecule has 0 aromatic heterocycles. The number of carbonyl (C=O) groups is 1. The van der Waals surface area contributed by atoms with Crippen LogP contribution >= 0.6 is 11.8 Å². The van der Waals surface area contributed by atoms with E-state index in [2.05, 4.69) is 0 Å². The summed E-state index contributed by atoms with van der Waals surface area (Å²) >= 11 is 1.58. The third-order valence-corrected chi connectivity index (χ3v) is 4.59. The van der Waals surface area contributed by atoms with Gasteiger partial charge in [0, 0.05) is 24.0 Å². The minimum atomic E-state index is -0.0892. The van der Waals surface area contributed by atoms with E-state index in [0.717, 1.165) is 30.0 Å². The summed E-state index contributed by atoms with van der Waals surface area (Å²) in [7, 11) is 1.65. The monoisotopic (exact) mass is 294 g/mol. The Balaban J connectivity index is 1.92. The second kappa shape index (κ2) is 6.99. The van der Waals surface area contributed by atoms with E-state index < -0.39 is 0 Å². The molecule has 1 heterocycles. The van der Waals surface area contributed by atoms with Gasteiger partial charge in [0.15, 0.2) is 0 Å². The van der Waals surface area contributed by atoms with Crippen LogP contribution in [-0.4, -0.2) is 42.3 Å². The molecular formula is C15H22N2O2S. The van der Waals surface area contributed by atoms with Gasteiger partial charge in [0.2, 0.25) is 5.91 Å². The molecule has 0 radical (unpaired) electrons. The lowest BCUT2D eigenvalue weighted by atomic mass is 10.1. The summed E-state index contributed by atoms with van der Waals surface area (Å²) in [6, 6.07) is 7.92. The number of hydrogen-bond donors (Lipinski definition) is 1. The topological polar surface area (TPSA) is 55.6 Å². The fraction of sp³-hybridized carbons (Fsp3) is 0.533. The van der Waals surface area contributed by atoms with E-state index in [1.54, 1.807) is 18.9 Å². The van der Waals surface area contributed by atoms with Crippen LogP contribution in [0.15, 0.2) is 29.2 Å². The number of nitrogens with two attached hydrogens (primary N) is 1. The first-order valence-electron chi connectivity index (χ1n) is 6.95. The average Bonchev–Trinajstić information content (AvgIpc) is 2.47.